The topological polar surface area (TPSA) is 38.9 Å². The molecular weight excluding hydrogens is 536 g/mol. The highest BCUT2D eigenvalue weighted by Gasteiger charge is 2.15. The summed E-state index contributed by atoms with van der Waals surface area (Å²) in [6.45, 7) is 1.89. The van der Waals surface area contributed by atoms with Crippen LogP contribution in [0.15, 0.2) is 156 Å². The zero-order valence-electron chi connectivity index (χ0n) is 24.2. The first-order valence-corrected chi connectivity index (χ1v) is 14.8. The van der Waals surface area contributed by atoms with Gasteiger partial charge in [-0.2, -0.15) is 0 Å². The number of rotatable bonds is 5. The van der Waals surface area contributed by atoms with Gasteiger partial charge < -0.3 is 4.42 Å². The quantitative estimate of drug-likeness (QED) is 0.209. The fourth-order valence-corrected chi connectivity index (χ4v) is 6.10. The van der Waals surface area contributed by atoms with Crippen LogP contribution in [0.1, 0.15) is 5.89 Å². The van der Waals surface area contributed by atoms with Gasteiger partial charge in [0.05, 0.1) is 11.4 Å². The monoisotopic (exact) mass is 564 g/mol. The van der Waals surface area contributed by atoms with Crippen LogP contribution >= 0.6 is 0 Å². The zero-order valence-corrected chi connectivity index (χ0v) is 24.2. The number of hydrogen-bond acceptors (Lipinski definition) is 3. The lowest BCUT2D eigenvalue weighted by Crippen LogP contribution is -1.92. The Morgan fingerprint density at radius 1 is 0.455 bits per heavy atom. The molecule has 0 saturated carbocycles. The smallest absolute Gasteiger partial charge is 0.192 e. The summed E-state index contributed by atoms with van der Waals surface area (Å²) < 4.78 is 5.78. The maximum atomic E-state index is 5.78. The number of pyridine rings is 1. The van der Waals surface area contributed by atoms with Crippen LogP contribution < -0.4 is 0 Å². The average Bonchev–Trinajstić information content (AvgIpc) is 3.47. The first kappa shape index (κ1) is 25.9. The van der Waals surface area contributed by atoms with E-state index in [4.69, 9.17) is 9.40 Å². The summed E-state index contributed by atoms with van der Waals surface area (Å²) in [4.78, 5) is 9.70. The van der Waals surface area contributed by atoms with Gasteiger partial charge in [-0.25, -0.2) is 9.97 Å². The van der Waals surface area contributed by atoms with Crippen LogP contribution in [0.4, 0.5) is 0 Å². The lowest BCUT2D eigenvalue weighted by molar-refractivity contribution is 0.561. The van der Waals surface area contributed by atoms with Crippen molar-refractivity contribution in [2.75, 3.05) is 0 Å². The summed E-state index contributed by atoms with van der Waals surface area (Å²) in [6.07, 6.45) is 0. The molecule has 2 heterocycles. The zero-order chi connectivity index (χ0) is 29.5. The average molecular weight is 565 g/mol. The van der Waals surface area contributed by atoms with Crippen molar-refractivity contribution in [1.29, 1.82) is 0 Å². The predicted octanol–water partition coefficient (Wildman–Crippen LogP) is 11.0. The van der Waals surface area contributed by atoms with E-state index in [1.807, 2.05) is 25.1 Å². The summed E-state index contributed by atoms with van der Waals surface area (Å²) in [5, 5.41) is 2.42. The molecule has 44 heavy (non-hydrogen) atoms. The number of nitrogens with zero attached hydrogens (tertiary/aromatic N) is 2. The molecule has 0 aliphatic carbocycles. The first-order valence-electron chi connectivity index (χ1n) is 14.8. The molecule has 3 heteroatoms. The molecule has 0 atom stereocenters. The molecule has 0 amide bonds. The van der Waals surface area contributed by atoms with Crippen LogP contribution in [0, 0.1) is 6.92 Å². The third-order valence-electron chi connectivity index (χ3n) is 8.18. The molecule has 0 aliphatic heterocycles. The number of hydrogen-bond donors (Lipinski definition) is 0. The van der Waals surface area contributed by atoms with Crippen LogP contribution in [0.25, 0.3) is 77.8 Å². The molecule has 0 aliphatic rings. The van der Waals surface area contributed by atoms with Gasteiger partial charge >= 0.3 is 0 Å². The van der Waals surface area contributed by atoms with Gasteiger partial charge in [0.1, 0.15) is 5.52 Å². The second kappa shape index (κ2) is 10.8. The van der Waals surface area contributed by atoms with E-state index in [0.29, 0.717) is 5.89 Å². The highest BCUT2D eigenvalue weighted by atomic mass is 16.3. The molecule has 8 aromatic rings. The van der Waals surface area contributed by atoms with E-state index in [9.17, 15) is 0 Å². The number of fused-ring (bicyclic) bond motifs is 2. The molecular formula is C41H28N2O. The number of aryl methyl sites for hydroxylation is 1. The molecule has 0 spiro atoms. The predicted molar refractivity (Wildman–Crippen MR) is 181 cm³/mol. The van der Waals surface area contributed by atoms with Crippen molar-refractivity contribution >= 4 is 21.9 Å². The Bertz CT molecular complexity index is 2230. The second-order valence-corrected chi connectivity index (χ2v) is 11.1. The Kier molecular flexibility index (Phi) is 6.35. The van der Waals surface area contributed by atoms with Crippen molar-refractivity contribution in [3.8, 4) is 55.9 Å². The van der Waals surface area contributed by atoms with Gasteiger partial charge in [0, 0.05) is 18.1 Å². The van der Waals surface area contributed by atoms with E-state index in [-0.39, 0.29) is 0 Å². The van der Waals surface area contributed by atoms with Gasteiger partial charge in [0.15, 0.2) is 11.5 Å². The minimum Gasteiger partial charge on any atom is -0.441 e. The fourth-order valence-electron chi connectivity index (χ4n) is 6.10. The minimum atomic E-state index is 0.672. The van der Waals surface area contributed by atoms with Crippen molar-refractivity contribution in [2.24, 2.45) is 0 Å². The van der Waals surface area contributed by atoms with Crippen LogP contribution in [0.3, 0.4) is 0 Å². The van der Waals surface area contributed by atoms with E-state index in [0.717, 1.165) is 61.4 Å². The Hall–Kier alpha value is -5.80. The normalized spacial score (nSPS) is 11.3. The molecule has 0 fully saturated rings. The summed E-state index contributed by atoms with van der Waals surface area (Å²) in [5.41, 5.74) is 12.7. The van der Waals surface area contributed by atoms with Crippen LogP contribution in [-0.4, -0.2) is 9.97 Å². The Labute approximate surface area is 256 Å². The standard InChI is InChI=1S/C41H28N2O/c1-27-42-39-24-32(20-22-40(39)44-27)36-21-19-28-11-8-9-18-35(28)41(36)33-17-10-16-31(23-33)34-25-37(29-12-4-2-5-13-29)43-38(26-34)30-14-6-3-7-15-30/h2-26H,1H3. The van der Waals surface area contributed by atoms with E-state index < -0.39 is 0 Å². The molecule has 6 aromatic carbocycles. The largest absolute Gasteiger partial charge is 0.441 e. The van der Waals surface area contributed by atoms with Gasteiger partial charge in [-0.15, -0.1) is 0 Å². The maximum absolute atomic E-state index is 5.78. The highest BCUT2D eigenvalue weighted by molar-refractivity contribution is 6.05. The van der Waals surface area contributed by atoms with Crippen LogP contribution in [0.2, 0.25) is 0 Å². The Morgan fingerprint density at radius 2 is 1.11 bits per heavy atom. The van der Waals surface area contributed by atoms with Gasteiger partial charge in [0.2, 0.25) is 0 Å². The van der Waals surface area contributed by atoms with Gasteiger partial charge in [-0.1, -0.05) is 121 Å². The van der Waals surface area contributed by atoms with Crippen molar-refractivity contribution in [3.05, 3.63) is 158 Å². The molecule has 208 valence electrons. The van der Waals surface area contributed by atoms with Gasteiger partial charge in [-0.3, -0.25) is 0 Å². The third kappa shape index (κ3) is 4.75. The molecule has 0 N–H and O–H groups in total. The van der Waals surface area contributed by atoms with Crippen molar-refractivity contribution in [1.82, 2.24) is 9.97 Å². The Morgan fingerprint density at radius 3 is 1.86 bits per heavy atom. The number of aromatic nitrogens is 2. The van der Waals surface area contributed by atoms with Gasteiger partial charge in [-0.05, 0) is 74.5 Å². The summed E-state index contributed by atoms with van der Waals surface area (Å²) in [6, 6.07) is 53.4. The van der Waals surface area contributed by atoms with E-state index in [1.165, 1.54) is 16.3 Å². The molecule has 0 unspecified atom stereocenters. The molecule has 3 nitrogen and oxygen atoms in total. The first-order chi connectivity index (χ1) is 21.7. The van der Waals surface area contributed by atoms with Crippen molar-refractivity contribution in [2.45, 2.75) is 6.92 Å². The SMILES string of the molecule is Cc1nc2cc(-c3ccc4ccccc4c3-c3cccc(-c4cc(-c5ccccc5)nc(-c5ccccc5)c4)c3)ccc2o1. The molecule has 0 radical (unpaired) electrons. The third-order valence-corrected chi connectivity index (χ3v) is 8.18. The van der Waals surface area contributed by atoms with Crippen LogP contribution in [-0.2, 0) is 0 Å². The summed E-state index contributed by atoms with van der Waals surface area (Å²) in [7, 11) is 0. The van der Waals surface area contributed by atoms with E-state index in [2.05, 4.69) is 138 Å². The summed E-state index contributed by atoms with van der Waals surface area (Å²) in [5.74, 6) is 0.672. The molecule has 8 rings (SSSR count). The van der Waals surface area contributed by atoms with Crippen molar-refractivity contribution < 1.29 is 4.42 Å². The molecule has 2 aromatic heterocycles. The maximum Gasteiger partial charge on any atom is 0.192 e. The fraction of sp³-hybridized carbons (Fsp3) is 0.0244. The summed E-state index contributed by atoms with van der Waals surface area (Å²) >= 11 is 0. The number of benzene rings is 6. The lowest BCUT2D eigenvalue weighted by Gasteiger charge is -2.16. The van der Waals surface area contributed by atoms with Gasteiger partial charge in [0.25, 0.3) is 0 Å². The molecule has 0 bridgehead atoms. The second-order valence-electron chi connectivity index (χ2n) is 11.1. The molecule has 0 saturated heterocycles. The van der Waals surface area contributed by atoms with E-state index in [1.54, 1.807) is 0 Å². The highest BCUT2D eigenvalue weighted by Crippen LogP contribution is 2.41. The van der Waals surface area contributed by atoms with Crippen LogP contribution in [0.5, 0.6) is 0 Å². The Balaban J connectivity index is 1.33. The van der Waals surface area contributed by atoms with E-state index >= 15 is 0 Å². The number of oxazole rings is 1. The minimum absolute atomic E-state index is 0.672. The van der Waals surface area contributed by atoms with Crippen molar-refractivity contribution in [3.63, 3.8) is 0 Å². The lowest BCUT2D eigenvalue weighted by atomic mass is 9.88.